The van der Waals surface area contributed by atoms with Crippen molar-refractivity contribution >= 4 is 16.9 Å². The molecule has 1 amide bonds. The molecular formula is C20H20FN3O3. The lowest BCUT2D eigenvalue weighted by atomic mass is 9.95. The number of aromatic nitrogens is 2. The number of imidazole rings is 1. The van der Waals surface area contributed by atoms with E-state index in [0.29, 0.717) is 47.9 Å². The number of hydrogen-bond acceptors (Lipinski definition) is 4. The molecule has 0 fully saturated rings. The summed E-state index contributed by atoms with van der Waals surface area (Å²) in [6, 6.07) is 10.1. The van der Waals surface area contributed by atoms with E-state index < -0.39 is 0 Å². The van der Waals surface area contributed by atoms with Crippen molar-refractivity contribution in [3.05, 3.63) is 53.6 Å². The summed E-state index contributed by atoms with van der Waals surface area (Å²) < 4.78 is 24.4. The molecule has 0 unspecified atom stereocenters. The largest absolute Gasteiger partial charge is 0.493 e. The minimum Gasteiger partial charge on any atom is -0.493 e. The van der Waals surface area contributed by atoms with Crippen molar-refractivity contribution in [1.82, 2.24) is 14.9 Å². The Morgan fingerprint density at radius 2 is 2.26 bits per heavy atom. The Bertz CT molecular complexity index is 1000. The number of carbonyl (C=O) groups is 1. The number of nitrogens with one attached hydrogen (secondary N) is 1. The zero-order chi connectivity index (χ0) is 19.0. The number of nitrogens with zero attached hydrogens (tertiary/aromatic N) is 2. The van der Waals surface area contributed by atoms with E-state index in [1.165, 1.54) is 12.1 Å². The van der Waals surface area contributed by atoms with Gasteiger partial charge >= 0.3 is 0 Å². The number of halogens is 1. The molecule has 1 aliphatic rings. The van der Waals surface area contributed by atoms with Crippen molar-refractivity contribution in [1.29, 1.82) is 0 Å². The van der Waals surface area contributed by atoms with Crippen LogP contribution in [0.25, 0.3) is 11.0 Å². The van der Waals surface area contributed by atoms with Gasteiger partial charge in [0, 0.05) is 7.05 Å². The van der Waals surface area contributed by atoms with E-state index in [9.17, 15) is 9.18 Å². The molecule has 27 heavy (non-hydrogen) atoms. The molecule has 1 aliphatic heterocycles. The topological polar surface area (TPSA) is 67.5 Å². The Morgan fingerprint density at radius 1 is 1.41 bits per heavy atom. The number of H-pyrrole nitrogens is 1. The lowest BCUT2D eigenvalue weighted by molar-refractivity contribution is -0.136. The van der Waals surface area contributed by atoms with Crippen LogP contribution in [0.2, 0.25) is 0 Å². The average molecular weight is 369 g/mol. The van der Waals surface area contributed by atoms with Gasteiger partial charge in [-0.3, -0.25) is 4.79 Å². The van der Waals surface area contributed by atoms with Gasteiger partial charge in [-0.15, -0.1) is 0 Å². The van der Waals surface area contributed by atoms with Crippen molar-refractivity contribution in [2.45, 2.75) is 13.0 Å². The predicted molar refractivity (Wildman–Crippen MR) is 98.2 cm³/mol. The highest BCUT2D eigenvalue weighted by Crippen LogP contribution is 2.36. The number of amides is 1. The highest BCUT2D eigenvalue weighted by molar-refractivity contribution is 5.80. The summed E-state index contributed by atoms with van der Waals surface area (Å²) in [4.78, 5) is 21.9. The summed E-state index contributed by atoms with van der Waals surface area (Å²) in [5.74, 6) is 1.40. The molecule has 1 aromatic heterocycles. The highest BCUT2D eigenvalue weighted by atomic mass is 19.1. The van der Waals surface area contributed by atoms with Gasteiger partial charge in [0.05, 0.1) is 30.6 Å². The van der Waals surface area contributed by atoms with Crippen LogP contribution in [0.4, 0.5) is 4.39 Å². The van der Waals surface area contributed by atoms with E-state index in [1.807, 2.05) is 18.2 Å². The molecule has 1 atom stereocenters. The number of rotatable bonds is 4. The fourth-order valence-corrected chi connectivity index (χ4v) is 3.44. The number of hydrogen-bond donors (Lipinski definition) is 1. The second-order valence-electron chi connectivity index (χ2n) is 6.70. The predicted octanol–water partition coefficient (Wildman–Crippen LogP) is 2.92. The molecule has 2 heterocycles. The second kappa shape index (κ2) is 6.90. The van der Waals surface area contributed by atoms with Gasteiger partial charge in [-0.25, -0.2) is 9.37 Å². The highest BCUT2D eigenvalue weighted by Gasteiger charge is 2.30. The number of ether oxygens (including phenoxy) is 2. The van der Waals surface area contributed by atoms with Crippen molar-refractivity contribution in [3.8, 4) is 11.5 Å². The number of carbonyl (C=O) groups excluding carboxylic acids is 1. The molecule has 0 spiro atoms. The van der Waals surface area contributed by atoms with Crippen LogP contribution < -0.4 is 9.47 Å². The van der Waals surface area contributed by atoms with E-state index in [2.05, 4.69) is 9.97 Å². The van der Waals surface area contributed by atoms with Crippen molar-refractivity contribution in [2.24, 2.45) is 5.92 Å². The number of para-hydroxylation sites is 1. The van der Waals surface area contributed by atoms with E-state index in [-0.39, 0.29) is 17.6 Å². The number of methoxy groups -OCH3 is 1. The SMILES string of the molecule is COc1cccc2c1OC[C@@H](C(=O)N(C)Cc1nc3ccc(F)cc3[nH]1)C2. The van der Waals surface area contributed by atoms with E-state index >= 15 is 0 Å². The first-order valence-corrected chi connectivity index (χ1v) is 8.73. The molecule has 0 bridgehead atoms. The van der Waals surface area contributed by atoms with Gasteiger partial charge in [0.25, 0.3) is 0 Å². The summed E-state index contributed by atoms with van der Waals surface area (Å²) in [5.41, 5.74) is 2.26. The molecule has 4 rings (SSSR count). The molecule has 6 nitrogen and oxygen atoms in total. The van der Waals surface area contributed by atoms with Gasteiger partial charge in [-0.2, -0.15) is 0 Å². The fourth-order valence-electron chi connectivity index (χ4n) is 3.44. The molecule has 0 saturated heterocycles. The fraction of sp³-hybridized carbons (Fsp3) is 0.300. The maximum Gasteiger partial charge on any atom is 0.229 e. The van der Waals surface area contributed by atoms with Crippen LogP contribution in [0.1, 0.15) is 11.4 Å². The summed E-state index contributed by atoms with van der Waals surface area (Å²) in [7, 11) is 3.33. The van der Waals surface area contributed by atoms with Crippen molar-refractivity contribution in [2.75, 3.05) is 20.8 Å². The Morgan fingerprint density at radius 3 is 3.07 bits per heavy atom. The number of benzene rings is 2. The van der Waals surface area contributed by atoms with Gasteiger partial charge in [-0.05, 0) is 36.2 Å². The lowest BCUT2D eigenvalue weighted by Crippen LogP contribution is -2.38. The molecule has 7 heteroatoms. The van der Waals surface area contributed by atoms with Gasteiger partial charge in [0.2, 0.25) is 5.91 Å². The van der Waals surface area contributed by atoms with E-state index in [4.69, 9.17) is 9.47 Å². The van der Waals surface area contributed by atoms with Crippen LogP contribution in [0.5, 0.6) is 11.5 Å². The first-order valence-electron chi connectivity index (χ1n) is 8.73. The van der Waals surface area contributed by atoms with Gasteiger partial charge in [-0.1, -0.05) is 12.1 Å². The molecule has 0 aliphatic carbocycles. The zero-order valence-corrected chi connectivity index (χ0v) is 15.2. The first-order chi connectivity index (χ1) is 13.0. The van der Waals surface area contributed by atoms with Crippen molar-refractivity contribution in [3.63, 3.8) is 0 Å². The number of aromatic amines is 1. The monoisotopic (exact) mass is 369 g/mol. The van der Waals surface area contributed by atoms with Gasteiger partial charge < -0.3 is 19.4 Å². The Kier molecular flexibility index (Phi) is 4.43. The molecule has 0 saturated carbocycles. The van der Waals surface area contributed by atoms with E-state index in [1.54, 1.807) is 25.1 Å². The van der Waals surface area contributed by atoms with Crippen LogP contribution in [0.15, 0.2) is 36.4 Å². The summed E-state index contributed by atoms with van der Waals surface area (Å²) in [5, 5.41) is 0. The third-order valence-corrected chi connectivity index (χ3v) is 4.78. The molecule has 0 radical (unpaired) electrons. The molecule has 140 valence electrons. The molecule has 2 aromatic carbocycles. The molecule has 3 aromatic rings. The molecule has 1 N–H and O–H groups in total. The quantitative estimate of drug-likeness (QED) is 0.768. The van der Waals surface area contributed by atoms with E-state index in [0.717, 1.165) is 5.56 Å². The van der Waals surface area contributed by atoms with Crippen molar-refractivity contribution < 1.29 is 18.7 Å². The standard InChI is InChI=1S/C20H20FN3O3/c1-24(10-18-22-15-7-6-14(21)9-16(15)23-18)20(25)13-8-12-4-3-5-17(26-2)19(12)27-11-13/h3-7,9,13H,8,10-11H2,1-2H3,(H,22,23)/t13-/m0/s1. The van der Waals surface area contributed by atoms with Crippen LogP contribution >= 0.6 is 0 Å². The van der Waals surface area contributed by atoms with Crippen LogP contribution in [-0.4, -0.2) is 41.5 Å². The second-order valence-corrected chi connectivity index (χ2v) is 6.70. The van der Waals surface area contributed by atoms with Crippen LogP contribution in [-0.2, 0) is 17.8 Å². The Hall–Kier alpha value is -3.09. The zero-order valence-electron chi connectivity index (χ0n) is 15.2. The Labute approximate surface area is 155 Å². The molecular weight excluding hydrogens is 349 g/mol. The maximum atomic E-state index is 13.3. The Balaban J connectivity index is 1.47. The van der Waals surface area contributed by atoms with Gasteiger partial charge in [0.15, 0.2) is 11.5 Å². The minimum atomic E-state index is -0.324. The summed E-state index contributed by atoms with van der Waals surface area (Å²) in [6.07, 6.45) is 0.598. The van der Waals surface area contributed by atoms with Crippen LogP contribution in [0, 0.1) is 11.7 Å². The third-order valence-electron chi connectivity index (χ3n) is 4.78. The smallest absolute Gasteiger partial charge is 0.229 e. The van der Waals surface area contributed by atoms with Gasteiger partial charge in [0.1, 0.15) is 18.2 Å². The maximum absolute atomic E-state index is 13.3. The normalized spacial score (nSPS) is 15.9. The summed E-state index contributed by atoms with van der Waals surface area (Å²) >= 11 is 0. The third kappa shape index (κ3) is 3.32. The average Bonchev–Trinajstić information content (AvgIpc) is 3.07. The number of fused-ring (bicyclic) bond motifs is 2. The minimum absolute atomic E-state index is 0.0184. The van der Waals surface area contributed by atoms with Crippen LogP contribution in [0.3, 0.4) is 0 Å². The summed E-state index contributed by atoms with van der Waals surface area (Å²) in [6.45, 7) is 0.624. The first kappa shape index (κ1) is 17.3. The lowest BCUT2D eigenvalue weighted by Gasteiger charge is -2.28.